The van der Waals surface area contributed by atoms with Crippen molar-refractivity contribution in [3.8, 4) is 0 Å². The fourth-order valence-electron chi connectivity index (χ4n) is 4.59. The molecule has 3 aliphatic rings. The molecule has 2 heterocycles. The third kappa shape index (κ3) is 2.09. The third-order valence-electron chi connectivity index (χ3n) is 5.88. The summed E-state index contributed by atoms with van der Waals surface area (Å²) in [6.07, 6.45) is 5.67. The van der Waals surface area contributed by atoms with E-state index in [2.05, 4.69) is 40.1 Å². The van der Waals surface area contributed by atoms with E-state index >= 15 is 0 Å². The van der Waals surface area contributed by atoms with Crippen LogP contribution in [0.3, 0.4) is 0 Å². The highest BCUT2D eigenvalue weighted by atomic mass is 32.1. The van der Waals surface area contributed by atoms with E-state index < -0.39 is 0 Å². The van der Waals surface area contributed by atoms with Crippen LogP contribution in [0.4, 0.5) is 0 Å². The van der Waals surface area contributed by atoms with Gasteiger partial charge in [0.1, 0.15) is 0 Å². The van der Waals surface area contributed by atoms with Crippen LogP contribution in [0.25, 0.3) is 0 Å². The van der Waals surface area contributed by atoms with Gasteiger partial charge in [0.05, 0.1) is 12.1 Å². The van der Waals surface area contributed by atoms with Crippen LogP contribution in [-0.2, 0) is 4.74 Å². The average Bonchev–Trinajstić information content (AvgIpc) is 3.11. The standard InChI is InChI=1S/C17H25N3OS/c1-11(13-5-3-10-22-13)19-16(18-2)20-14-12-6-9-21-15(12)17(14)7-4-8-17/h3,5,10-12,14-15H,4,6-9H2,1-2H3,(H2,18,19,20). The Kier molecular flexibility index (Phi) is 3.65. The lowest BCUT2D eigenvalue weighted by Gasteiger charge is -2.63. The highest BCUT2D eigenvalue weighted by molar-refractivity contribution is 7.10. The molecule has 1 aliphatic heterocycles. The number of guanidine groups is 1. The zero-order chi connectivity index (χ0) is 15.2. The predicted molar refractivity (Wildman–Crippen MR) is 90.3 cm³/mol. The molecule has 1 aromatic rings. The normalized spacial score (nSPS) is 33.7. The maximum absolute atomic E-state index is 6.00. The molecule has 4 atom stereocenters. The Bertz CT molecular complexity index is 552. The molecule has 5 heteroatoms. The van der Waals surface area contributed by atoms with Gasteiger partial charge in [-0.25, -0.2) is 0 Å². The molecule has 0 aromatic carbocycles. The maximum Gasteiger partial charge on any atom is 0.191 e. The van der Waals surface area contributed by atoms with Crippen molar-refractivity contribution in [2.45, 2.75) is 50.8 Å². The number of ether oxygens (including phenoxy) is 1. The topological polar surface area (TPSA) is 45.7 Å². The van der Waals surface area contributed by atoms with Gasteiger partial charge in [-0.05, 0) is 37.6 Å². The second-order valence-corrected chi connectivity index (χ2v) is 7.89. The summed E-state index contributed by atoms with van der Waals surface area (Å²) in [7, 11) is 1.87. The maximum atomic E-state index is 6.00. The summed E-state index contributed by atoms with van der Waals surface area (Å²) in [6, 6.07) is 5.10. The summed E-state index contributed by atoms with van der Waals surface area (Å²) in [5.41, 5.74) is 0.394. The van der Waals surface area contributed by atoms with Gasteiger partial charge in [0, 0.05) is 35.9 Å². The Morgan fingerprint density at radius 1 is 1.50 bits per heavy atom. The third-order valence-corrected chi connectivity index (χ3v) is 6.93. The highest BCUT2D eigenvalue weighted by Crippen LogP contribution is 2.62. The molecule has 0 radical (unpaired) electrons. The van der Waals surface area contributed by atoms with Gasteiger partial charge in [0.15, 0.2) is 5.96 Å². The number of hydrogen-bond donors (Lipinski definition) is 2. The summed E-state index contributed by atoms with van der Waals surface area (Å²) in [5, 5.41) is 9.39. The number of nitrogens with one attached hydrogen (secondary N) is 2. The Morgan fingerprint density at radius 2 is 2.36 bits per heavy atom. The van der Waals surface area contributed by atoms with Crippen LogP contribution in [0.5, 0.6) is 0 Å². The molecule has 1 aromatic heterocycles. The van der Waals surface area contributed by atoms with Gasteiger partial charge in [-0.15, -0.1) is 11.3 Å². The van der Waals surface area contributed by atoms with Crippen LogP contribution >= 0.6 is 11.3 Å². The van der Waals surface area contributed by atoms with Crippen LogP contribution < -0.4 is 10.6 Å². The first kappa shape index (κ1) is 14.5. The Hall–Kier alpha value is -1.07. The van der Waals surface area contributed by atoms with Crippen LogP contribution in [0.2, 0.25) is 0 Å². The Balaban J connectivity index is 1.43. The molecule has 0 bridgehead atoms. The lowest BCUT2D eigenvalue weighted by molar-refractivity contribution is -0.171. The molecule has 2 N–H and O–H groups in total. The molecule has 22 heavy (non-hydrogen) atoms. The summed E-state index contributed by atoms with van der Waals surface area (Å²) in [4.78, 5) is 5.80. The van der Waals surface area contributed by atoms with Gasteiger partial charge in [-0.2, -0.15) is 0 Å². The zero-order valence-corrected chi connectivity index (χ0v) is 14.2. The molecular weight excluding hydrogens is 294 g/mol. The van der Waals surface area contributed by atoms with E-state index in [1.165, 1.54) is 30.6 Å². The van der Waals surface area contributed by atoms with Gasteiger partial charge in [0.25, 0.3) is 0 Å². The van der Waals surface area contributed by atoms with E-state index in [0.29, 0.717) is 29.5 Å². The number of aliphatic imine (C=N–C) groups is 1. The van der Waals surface area contributed by atoms with Crippen molar-refractivity contribution >= 4 is 17.3 Å². The molecule has 4 unspecified atom stereocenters. The lowest BCUT2D eigenvalue weighted by Crippen LogP contribution is -2.72. The number of thiophene rings is 1. The molecule has 0 amide bonds. The number of nitrogens with zero attached hydrogens (tertiary/aromatic N) is 1. The Labute approximate surface area is 136 Å². The highest BCUT2D eigenvalue weighted by Gasteiger charge is 2.66. The molecule has 1 spiro atoms. The molecule has 120 valence electrons. The molecule has 2 aliphatic carbocycles. The summed E-state index contributed by atoms with van der Waals surface area (Å²) < 4.78 is 6.00. The first-order valence-electron chi connectivity index (χ1n) is 8.39. The smallest absolute Gasteiger partial charge is 0.191 e. The van der Waals surface area contributed by atoms with Crippen molar-refractivity contribution in [1.29, 1.82) is 0 Å². The van der Waals surface area contributed by atoms with E-state index in [0.717, 1.165) is 12.6 Å². The lowest BCUT2D eigenvalue weighted by atomic mass is 9.46. The number of rotatable bonds is 3. The van der Waals surface area contributed by atoms with E-state index in [9.17, 15) is 0 Å². The van der Waals surface area contributed by atoms with Crippen LogP contribution in [0.15, 0.2) is 22.5 Å². The monoisotopic (exact) mass is 319 g/mol. The number of hydrogen-bond acceptors (Lipinski definition) is 3. The van der Waals surface area contributed by atoms with E-state index in [4.69, 9.17) is 4.74 Å². The van der Waals surface area contributed by atoms with Gasteiger partial charge in [-0.1, -0.05) is 12.5 Å². The second-order valence-electron chi connectivity index (χ2n) is 6.91. The summed E-state index contributed by atoms with van der Waals surface area (Å²) in [6.45, 7) is 3.13. The van der Waals surface area contributed by atoms with Gasteiger partial charge < -0.3 is 15.4 Å². The van der Waals surface area contributed by atoms with Crippen molar-refractivity contribution < 1.29 is 4.74 Å². The first-order valence-corrected chi connectivity index (χ1v) is 9.27. The first-order chi connectivity index (χ1) is 10.7. The largest absolute Gasteiger partial charge is 0.377 e. The predicted octanol–water partition coefficient (Wildman–Crippen LogP) is 2.93. The summed E-state index contributed by atoms with van der Waals surface area (Å²) >= 11 is 1.79. The molecule has 1 saturated heterocycles. The van der Waals surface area contributed by atoms with E-state index in [1.807, 2.05) is 7.05 Å². The van der Waals surface area contributed by atoms with Crippen molar-refractivity contribution in [3.63, 3.8) is 0 Å². The minimum Gasteiger partial charge on any atom is -0.377 e. The average molecular weight is 319 g/mol. The fourth-order valence-corrected chi connectivity index (χ4v) is 5.32. The van der Waals surface area contributed by atoms with E-state index in [-0.39, 0.29) is 0 Å². The SMILES string of the molecule is CN=C(NC(C)c1cccs1)NC1C2CCOC2C12CCC2. The number of fused-ring (bicyclic) bond motifs is 2. The van der Waals surface area contributed by atoms with Gasteiger partial charge in [0.2, 0.25) is 0 Å². The van der Waals surface area contributed by atoms with E-state index in [1.54, 1.807) is 11.3 Å². The van der Waals surface area contributed by atoms with Crippen molar-refractivity contribution in [2.24, 2.45) is 16.3 Å². The Morgan fingerprint density at radius 3 is 3.00 bits per heavy atom. The van der Waals surface area contributed by atoms with Crippen molar-refractivity contribution in [1.82, 2.24) is 10.6 Å². The van der Waals surface area contributed by atoms with Crippen molar-refractivity contribution in [3.05, 3.63) is 22.4 Å². The van der Waals surface area contributed by atoms with Crippen LogP contribution in [0.1, 0.15) is 43.5 Å². The second kappa shape index (κ2) is 5.53. The minimum absolute atomic E-state index is 0.291. The molecule has 4 rings (SSSR count). The van der Waals surface area contributed by atoms with Gasteiger partial charge in [-0.3, -0.25) is 4.99 Å². The van der Waals surface area contributed by atoms with Crippen LogP contribution in [0, 0.1) is 11.3 Å². The minimum atomic E-state index is 0.291. The molecule has 3 fully saturated rings. The quantitative estimate of drug-likeness (QED) is 0.665. The molecule has 2 saturated carbocycles. The summed E-state index contributed by atoms with van der Waals surface area (Å²) in [5.74, 6) is 1.61. The zero-order valence-electron chi connectivity index (χ0n) is 13.3. The van der Waals surface area contributed by atoms with Crippen molar-refractivity contribution in [2.75, 3.05) is 13.7 Å². The molecular formula is C17H25N3OS. The molecule has 4 nitrogen and oxygen atoms in total. The van der Waals surface area contributed by atoms with Gasteiger partial charge >= 0.3 is 0 Å². The van der Waals surface area contributed by atoms with Crippen LogP contribution in [-0.4, -0.2) is 31.8 Å². The fraction of sp³-hybridized carbons (Fsp3) is 0.706.